The van der Waals surface area contributed by atoms with Gasteiger partial charge in [0.15, 0.2) is 0 Å². The van der Waals surface area contributed by atoms with Crippen molar-refractivity contribution in [2.75, 3.05) is 6.61 Å². The molecule has 0 aromatic rings. The van der Waals surface area contributed by atoms with Crippen LogP contribution in [0.4, 0.5) is 0 Å². The van der Waals surface area contributed by atoms with Crippen LogP contribution in [-0.4, -0.2) is 18.2 Å². The molecule has 0 radical (unpaired) electrons. The van der Waals surface area contributed by atoms with Crippen LogP contribution in [0, 0.1) is 5.92 Å². The molecule has 0 aromatic heterocycles. The highest BCUT2D eigenvalue weighted by Crippen LogP contribution is 2.41. The van der Waals surface area contributed by atoms with Crippen molar-refractivity contribution in [2.45, 2.75) is 44.6 Å². The summed E-state index contributed by atoms with van der Waals surface area (Å²) in [6, 6.07) is 0.403. The molecule has 0 amide bonds. The van der Waals surface area contributed by atoms with E-state index in [1.54, 1.807) is 0 Å². The van der Waals surface area contributed by atoms with Gasteiger partial charge < -0.3 is 10.5 Å². The number of rotatable bonds is 1. The van der Waals surface area contributed by atoms with Gasteiger partial charge in [0.1, 0.15) is 12.1 Å². The highest BCUT2D eigenvalue weighted by atomic mass is 16.5. The van der Waals surface area contributed by atoms with Crippen molar-refractivity contribution in [1.29, 1.82) is 0 Å². The Hall–Kier alpha value is -0.730. The Labute approximate surface area is 79.4 Å². The fourth-order valence-corrected chi connectivity index (χ4v) is 2.70. The standard InChI is InChI=1S/C10H18N2O/c1-2-8-5-3-4-6-10(8)7-13-9(11)12-10/h8H,2-7H2,1H3,(H2,11,12). The van der Waals surface area contributed by atoms with Gasteiger partial charge in [-0.25, -0.2) is 4.99 Å². The lowest BCUT2D eigenvalue weighted by Crippen LogP contribution is -2.40. The first-order valence-electron chi connectivity index (χ1n) is 5.25. The molecule has 1 aliphatic heterocycles. The van der Waals surface area contributed by atoms with E-state index in [-0.39, 0.29) is 5.54 Å². The third-order valence-corrected chi connectivity index (χ3v) is 3.47. The number of nitrogens with zero attached hydrogens (tertiary/aromatic N) is 1. The van der Waals surface area contributed by atoms with E-state index in [1.807, 2.05) is 0 Å². The molecule has 2 aliphatic rings. The molecular weight excluding hydrogens is 164 g/mol. The van der Waals surface area contributed by atoms with Gasteiger partial charge in [0, 0.05) is 0 Å². The summed E-state index contributed by atoms with van der Waals surface area (Å²) in [5.41, 5.74) is 5.64. The SMILES string of the molecule is CCC1CCCCC12COC(N)=N2. The zero-order chi connectivity index (χ0) is 9.31. The summed E-state index contributed by atoms with van der Waals surface area (Å²) in [4.78, 5) is 4.50. The Morgan fingerprint density at radius 1 is 1.62 bits per heavy atom. The minimum atomic E-state index is 0.0527. The molecule has 2 rings (SSSR count). The average molecular weight is 182 g/mol. The zero-order valence-electron chi connectivity index (χ0n) is 8.25. The molecule has 74 valence electrons. The second kappa shape index (κ2) is 3.20. The van der Waals surface area contributed by atoms with Crippen LogP contribution in [0.3, 0.4) is 0 Å². The van der Waals surface area contributed by atoms with Crippen molar-refractivity contribution >= 4 is 6.02 Å². The Bertz CT molecular complexity index is 227. The Morgan fingerprint density at radius 2 is 2.46 bits per heavy atom. The van der Waals surface area contributed by atoms with E-state index in [0.29, 0.717) is 11.9 Å². The highest BCUT2D eigenvalue weighted by Gasteiger charge is 2.43. The summed E-state index contributed by atoms with van der Waals surface area (Å²) >= 11 is 0. The molecule has 0 saturated heterocycles. The van der Waals surface area contributed by atoms with Gasteiger partial charge in [0.2, 0.25) is 0 Å². The largest absolute Gasteiger partial charge is 0.463 e. The first-order valence-corrected chi connectivity index (χ1v) is 5.25. The molecular formula is C10H18N2O. The number of hydrogen-bond donors (Lipinski definition) is 1. The minimum Gasteiger partial charge on any atom is -0.463 e. The third-order valence-electron chi connectivity index (χ3n) is 3.47. The minimum absolute atomic E-state index is 0.0527. The summed E-state index contributed by atoms with van der Waals surface area (Å²) in [6.45, 7) is 2.96. The predicted molar refractivity (Wildman–Crippen MR) is 52.6 cm³/mol. The number of ether oxygens (including phenoxy) is 1. The molecule has 1 aliphatic carbocycles. The van der Waals surface area contributed by atoms with Gasteiger partial charge in [0.05, 0.1) is 0 Å². The fraction of sp³-hybridized carbons (Fsp3) is 0.900. The molecule has 1 fully saturated rings. The van der Waals surface area contributed by atoms with Crippen molar-refractivity contribution in [3.05, 3.63) is 0 Å². The maximum atomic E-state index is 5.58. The molecule has 1 saturated carbocycles. The first kappa shape index (κ1) is 8.85. The normalized spacial score (nSPS) is 38.8. The lowest BCUT2D eigenvalue weighted by molar-refractivity contribution is 0.137. The Kier molecular flexibility index (Phi) is 2.18. The summed E-state index contributed by atoms with van der Waals surface area (Å²) in [6.07, 6.45) is 6.26. The molecule has 2 atom stereocenters. The van der Waals surface area contributed by atoms with Gasteiger partial charge in [0.25, 0.3) is 6.02 Å². The van der Waals surface area contributed by atoms with E-state index in [4.69, 9.17) is 10.5 Å². The van der Waals surface area contributed by atoms with E-state index in [2.05, 4.69) is 11.9 Å². The number of amidine groups is 1. The topological polar surface area (TPSA) is 47.6 Å². The lowest BCUT2D eigenvalue weighted by atomic mass is 9.72. The number of aliphatic imine (C=N–C) groups is 1. The maximum absolute atomic E-state index is 5.58. The van der Waals surface area contributed by atoms with Gasteiger partial charge in [-0.05, 0) is 18.8 Å². The van der Waals surface area contributed by atoms with E-state index in [9.17, 15) is 0 Å². The molecule has 0 aromatic carbocycles. The van der Waals surface area contributed by atoms with E-state index in [0.717, 1.165) is 13.0 Å². The van der Waals surface area contributed by atoms with Crippen molar-refractivity contribution < 1.29 is 4.74 Å². The van der Waals surface area contributed by atoms with Crippen molar-refractivity contribution in [2.24, 2.45) is 16.6 Å². The lowest BCUT2D eigenvalue weighted by Gasteiger charge is -2.36. The van der Waals surface area contributed by atoms with Crippen LogP contribution in [0.25, 0.3) is 0 Å². The van der Waals surface area contributed by atoms with Gasteiger partial charge >= 0.3 is 0 Å². The Balaban J connectivity index is 2.18. The van der Waals surface area contributed by atoms with Crippen LogP contribution in [0.5, 0.6) is 0 Å². The number of nitrogens with two attached hydrogens (primary N) is 1. The summed E-state index contributed by atoms with van der Waals surface area (Å²) in [5, 5.41) is 0. The van der Waals surface area contributed by atoms with E-state index >= 15 is 0 Å². The smallest absolute Gasteiger partial charge is 0.282 e. The molecule has 2 N–H and O–H groups in total. The van der Waals surface area contributed by atoms with Crippen molar-refractivity contribution in [3.8, 4) is 0 Å². The second-order valence-corrected chi connectivity index (χ2v) is 4.19. The Morgan fingerprint density at radius 3 is 3.08 bits per heavy atom. The third kappa shape index (κ3) is 1.40. The van der Waals surface area contributed by atoms with Crippen molar-refractivity contribution in [3.63, 3.8) is 0 Å². The predicted octanol–water partition coefficient (Wildman–Crippen LogP) is 1.67. The van der Waals surface area contributed by atoms with Crippen LogP contribution >= 0.6 is 0 Å². The van der Waals surface area contributed by atoms with Crippen LogP contribution in [0.2, 0.25) is 0 Å². The molecule has 1 spiro atoms. The quantitative estimate of drug-likeness (QED) is 0.670. The van der Waals surface area contributed by atoms with Crippen LogP contribution < -0.4 is 5.73 Å². The van der Waals surface area contributed by atoms with Gasteiger partial charge in [-0.15, -0.1) is 0 Å². The molecule has 0 bridgehead atoms. The first-order chi connectivity index (χ1) is 6.27. The molecule has 13 heavy (non-hydrogen) atoms. The summed E-state index contributed by atoms with van der Waals surface area (Å²) in [5.74, 6) is 0.683. The van der Waals surface area contributed by atoms with E-state index in [1.165, 1.54) is 25.7 Å². The van der Waals surface area contributed by atoms with Crippen molar-refractivity contribution in [1.82, 2.24) is 0 Å². The van der Waals surface area contributed by atoms with Crippen LogP contribution in [0.1, 0.15) is 39.0 Å². The fourth-order valence-electron chi connectivity index (χ4n) is 2.70. The van der Waals surface area contributed by atoms with Gasteiger partial charge in [-0.2, -0.15) is 0 Å². The van der Waals surface area contributed by atoms with Crippen LogP contribution in [0.15, 0.2) is 4.99 Å². The van der Waals surface area contributed by atoms with Crippen LogP contribution in [-0.2, 0) is 4.74 Å². The number of hydrogen-bond acceptors (Lipinski definition) is 3. The van der Waals surface area contributed by atoms with Gasteiger partial charge in [-0.3, -0.25) is 0 Å². The average Bonchev–Trinajstić information content (AvgIpc) is 2.49. The van der Waals surface area contributed by atoms with Gasteiger partial charge in [-0.1, -0.05) is 26.2 Å². The summed E-state index contributed by atoms with van der Waals surface area (Å²) in [7, 11) is 0. The molecule has 3 heteroatoms. The highest BCUT2D eigenvalue weighted by molar-refractivity contribution is 5.73. The zero-order valence-corrected chi connectivity index (χ0v) is 8.25. The van der Waals surface area contributed by atoms with E-state index < -0.39 is 0 Å². The monoisotopic (exact) mass is 182 g/mol. The molecule has 3 nitrogen and oxygen atoms in total. The second-order valence-electron chi connectivity index (χ2n) is 4.19. The maximum Gasteiger partial charge on any atom is 0.282 e. The summed E-state index contributed by atoms with van der Waals surface area (Å²) < 4.78 is 5.31. The molecule has 1 heterocycles. The molecule has 2 unspecified atom stereocenters.